The van der Waals surface area contributed by atoms with Gasteiger partial charge in [-0.1, -0.05) is 37.3 Å². The molecule has 2 aromatic rings. The van der Waals surface area contributed by atoms with E-state index in [4.69, 9.17) is 4.74 Å². The molecule has 1 amide bonds. The third-order valence-electron chi connectivity index (χ3n) is 4.82. The Morgan fingerprint density at radius 2 is 1.74 bits per heavy atom. The van der Waals surface area contributed by atoms with Gasteiger partial charge in [0.2, 0.25) is 0 Å². The van der Waals surface area contributed by atoms with Crippen LogP contribution in [0.5, 0.6) is 5.75 Å². The number of hydrogen-bond donors (Lipinski definition) is 1. The Morgan fingerprint density at radius 3 is 2.37 bits per heavy atom. The molecule has 1 aliphatic heterocycles. The summed E-state index contributed by atoms with van der Waals surface area (Å²) >= 11 is 0. The Kier molecular flexibility index (Phi) is 8.62. The van der Waals surface area contributed by atoms with Crippen molar-refractivity contribution < 1.29 is 9.53 Å². The summed E-state index contributed by atoms with van der Waals surface area (Å²) in [5, 5.41) is 3.37. The monoisotopic (exact) mass is 388 g/mol. The highest BCUT2D eigenvalue weighted by Gasteiger charge is 2.25. The number of carbonyl (C=O) groups excluding carboxylic acids is 1. The molecule has 0 radical (unpaired) electrons. The number of piperidine rings is 1. The van der Waals surface area contributed by atoms with Crippen LogP contribution < -0.4 is 10.1 Å². The van der Waals surface area contributed by atoms with Gasteiger partial charge >= 0.3 is 0 Å². The van der Waals surface area contributed by atoms with Crippen molar-refractivity contribution in [1.29, 1.82) is 0 Å². The van der Waals surface area contributed by atoms with Crippen LogP contribution in [0.1, 0.15) is 42.1 Å². The van der Waals surface area contributed by atoms with Crippen molar-refractivity contribution in [2.75, 3.05) is 19.6 Å². The molecule has 4 nitrogen and oxygen atoms in total. The molecule has 0 atom stereocenters. The van der Waals surface area contributed by atoms with Crippen LogP contribution in [0.2, 0.25) is 0 Å². The van der Waals surface area contributed by atoms with E-state index in [0.29, 0.717) is 12.6 Å². The maximum atomic E-state index is 13.0. The van der Waals surface area contributed by atoms with E-state index < -0.39 is 0 Å². The van der Waals surface area contributed by atoms with Gasteiger partial charge in [0, 0.05) is 18.2 Å². The second kappa shape index (κ2) is 11.0. The third kappa shape index (κ3) is 5.98. The summed E-state index contributed by atoms with van der Waals surface area (Å²) in [6.45, 7) is 5.45. The number of hydrogen-bond acceptors (Lipinski definition) is 3. The van der Waals surface area contributed by atoms with Crippen molar-refractivity contribution >= 4 is 18.3 Å². The van der Waals surface area contributed by atoms with Crippen LogP contribution in [0.15, 0.2) is 54.6 Å². The Labute approximate surface area is 168 Å². The maximum Gasteiger partial charge on any atom is 0.254 e. The summed E-state index contributed by atoms with van der Waals surface area (Å²) in [5.74, 6) is 1.00. The highest BCUT2D eigenvalue weighted by atomic mass is 35.5. The largest absolute Gasteiger partial charge is 0.489 e. The van der Waals surface area contributed by atoms with Crippen molar-refractivity contribution in [2.45, 2.75) is 38.8 Å². The van der Waals surface area contributed by atoms with Gasteiger partial charge in [-0.2, -0.15) is 0 Å². The van der Waals surface area contributed by atoms with E-state index in [1.165, 1.54) is 0 Å². The zero-order chi connectivity index (χ0) is 18.2. The van der Waals surface area contributed by atoms with E-state index in [1.54, 1.807) is 0 Å². The molecule has 0 aromatic heterocycles. The molecule has 0 aliphatic carbocycles. The molecular weight excluding hydrogens is 360 g/mol. The SMILES string of the molecule is CCCN(C(=O)c1ccc(COc2ccccc2)cc1)C1CCNCC1.Cl. The number of nitrogens with one attached hydrogen (secondary N) is 1. The van der Waals surface area contributed by atoms with E-state index in [1.807, 2.05) is 54.6 Å². The van der Waals surface area contributed by atoms with E-state index in [9.17, 15) is 4.79 Å². The standard InChI is InChI=1S/C22H28N2O2.ClH/c1-2-16-24(20-12-14-23-15-13-20)22(25)19-10-8-18(9-11-19)17-26-21-6-4-3-5-7-21;/h3-11,20,23H,2,12-17H2,1H3;1H. The lowest BCUT2D eigenvalue weighted by atomic mass is 10.0. The Morgan fingerprint density at radius 1 is 1.07 bits per heavy atom. The van der Waals surface area contributed by atoms with E-state index in [2.05, 4.69) is 17.1 Å². The second-order valence-corrected chi connectivity index (χ2v) is 6.78. The van der Waals surface area contributed by atoms with Gasteiger partial charge in [0.25, 0.3) is 5.91 Å². The lowest BCUT2D eigenvalue weighted by Crippen LogP contribution is -2.46. The number of ether oxygens (including phenoxy) is 1. The summed E-state index contributed by atoms with van der Waals surface area (Å²) in [6, 6.07) is 18.0. The average molecular weight is 389 g/mol. The first-order valence-corrected chi connectivity index (χ1v) is 9.56. The van der Waals surface area contributed by atoms with Gasteiger partial charge in [0.15, 0.2) is 0 Å². The van der Waals surface area contributed by atoms with E-state index in [0.717, 1.165) is 55.8 Å². The van der Waals surface area contributed by atoms with Crippen molar-refractivity contribution in [1.82, 2.24) is 10.2 Å². The summed E-state index contributed by atoms with van der Waals surface area (Å²) in [5.41, 5.74) is 1.83. The molecule has 0 unspecified atom stereocenters. The van der Waals surface area contributed by atoms with Gasteiger partial charge in [-0.25, -0.2) is 0 Å². The Bertz CT molecular complexity index is 685. The van der Waals surface area contributed by atoms with Crippen LogP contribution in [0, 0.1) is 0 Å². The van der Waals surface area contributed by atoms with Crippen LogP contribution in [-0.2, 0) is 6.61 Å². The predicted octanol–water partition coefficient (Wildman–Crippen LogP) is 4.29. The Balaban J connectivity index is 0.00000261. The van der Waals surface area contributed by atoms with Crippen LogP contribution >= 0.6 is 12.4 Å². The van der Waals surface area contributed by atoms with Gasteiger partial charge in [-0.3, -0.25) is 4.79 Å². The lowest BCUT2D eigenvalue weighted by molar-refractivity contribution is 0.0642. The molecule has 1 saturated heterocycles. The molecule has 27 heavy (non-hydrogen) atoms. The molecular formula is C22H29ClN2O2. The highest BCUT2D eigenvalue weighted by Crippen LogP contribution is 2.18. The number of para-hydroxylation sites is 1. The van der Waals surface area contributed by atoms with Crippen molar-refractivity contribution in [2.24, 2.45) is 0 Å². The first-order chi connectivity index (χ1) is 12.8. The van der Waals surface area contributed by atoms with Crippen LogP contribution in [0.3, 0.4) is 0 Å². The molecule has 0 bridgehead atoms. The van der Waals surface area contributed by atoms with Gasteiger partial charge < -0.3 is 15.0 Å². The fourth-order valence-corrected chi connectivity index (χ4v) is 3.40. The van der Waals surface area contributed by atoms with Gasteiger partial charge in [-0.05, 0) is 62.2 Å². The summed E-state index contributed by atoms with van der Waals surface area (Å²) in [6.07, 6.45) is 3.06. The second-order valence-electron chi connectivity index (χ2n) is 6.78. The minimum absolute atomic E-state index is 0. The van der Waals surface area contributed by atoms with Crippen LogP contribution in [-0.4, -0.2) is 36.5 Å². The molecule has 0 spiro atoms. The number of nitrogens with zero attached hydrogens (tertiary/aromatic N) is 1. The zero-order valence-corrected chi connectivity index (χ0v) is 16.7. The smallest absolute Gasteiger partial charge is 0.254 e. The maximum absolute atomic E-state index is 13.0. The summed E-state index contributed by atoms with van der Waals surface area (Å²) in [4.78, 5) is 15.1. The van der Waals surface area contributed by atoms with Crippen molar-refractivity contribution in [3.05, 3.63) is 65.7 Å². The van der Waals surface area contributed by atoms with Crippen molar-refractivity contribution in [3.63, 3.8) is 0 Å². The van der Waals surface area contributed by atoms with E-state index in [-0.39, 0.29) is 18.3 Å². The van der Waals surface area contributed by atoms with Crippen LogP contribution in [0.25, 0.3) is 0 Å². The molecule has 0 saturated carbocycles. The highest BCUT2D eigenvalue weighted by molar-refractivity contribution is 5.94. The minimum atomic E-state index is 0. The molecule has 1 heterocycles. The molecule has 1 N–H and O–H groups in total. The average Bonchev–Trinajstić information content (AvgIpc) is 2.72. The van der Waals surface area contributed by atoms with Crippen molar-refractivity contribution in [3.8, 4) is 5.75 Å². The van der Waals surface area contributed by atoms with Gasteiger partial charge in [0.1, 0.15) is 12.4 Å². The molecule has 2 aromatic carbocycles. The number of carbonyl (C=O) groups is 1. The quantitative estimate of drug-likeness (QED) is 0.769. The lowest BCUT2D eigenvalue weighted by Gasteiger charge is -2.34. The normalized spacial score (nSPS) is 14.3. The van der Waals surface area contributed by atoms with Crippen LogP contribution in [0.4, 0.5) is 0 Å². The fraction of sp³-hybridized carbons (Fsp3) is 0.409. The summed E-state index contributed by atoms with van der Waals surface area (Å²) in [7, 11) is 0. The molecule has 3 rings (SSSR count). The summed E-state index contributed by atoms with van der Waals surface area (Å²) < 4.78 is 5.77. The molecule has 5 heteroatoms. The van der Waals surface area contributed by atoms with E-state index >= 15 is 0 Å². The molecule has 1 aliphatic rings. The Hall–Kier alpha value is -2.04. The first-order valence-electron chi connectivity index (χ1n) is 9.56. The topological polar surface area (TPSA) is 41.6 Å². The number of rotatable bonds is 7. The molecule has 146 valence electrons. The molecule has 1 fully saturated rings. The number of amides is 1. The zero-order valence-electron chi connectivity index (χ0n) is 15.9. The number of benzene rings is 2. The minimum Gasteiger partial charge on any atom is -0.489 e. The number of halogens is 1. The first kappa shape index (κ1) is 21.3. The van der Waals surface area contributed by atoms with Gasteiger partial charge in [-0.15, -0.1) is 12.4 Å². The predicted molar refractivity (Wildman–Crippen MR) is 112 cm³/mol. The third-order valence-corrected chi connectivity index (χ3v) is 4.82. The fourth-order valence-electron chi connectivity index (χ4n) is 3.40. The van der Waals surface area contributed by atoms with Gasteiger partial charge in [0.05, 0.1) is 0 Å².